The quantitative estimate of drug-likeness (QED) is 0.800. The summed E-state index contributed by atoms with van der Waals surface area (Å²) in [5.74, 6) is -1.17. The van der Waals surface area contributed by atoms with E-state index in [2.05, 4.69) is 0 Å². The van der Waals surface area contributed by atoms with Crippen molar-refractivity contribution in [1.29, 1.82) is 0 Å². The van der Waals surface area contributed by atoms with Crippen molar-refractivity contribution in [3.63, 3.8) is 0 Å². The van der Waals surface area contributed by atoms with Crippen LogP contribution in [-0.2, 0) is 11.3 Å². The molecule has 5 nitrogen and oxygen atoms in total. The van der Waals surface area contributed by atoms with Crippen LogP contribution in [0.25, 0.3) is 0 Å². The molecule has 106 valence electrons. The lowest BCUT2D eigenvalue weighted by atomic mass is 10.1. The Morgan fingerprint density at radius 2 is 2.05 bits per heavy atom. The van der Waals surface area contributed by atoms with Gasteiger partial charge in [0.1, 0.15) is 5.56 Å². The van der Waals surface area contributed by atoms with E-state index in [9.17, 15) is 9.59 Å². The summed E-state index contributed by atoms with van der Waals surface area (Å²) in [4.78, 5) is 23.2. The van der Waals surface area contributed by atoms with Gasteiger partial charge in [0.15, 0.2) is 0 Å². The number of carboxylic acids is 1. The third kappa shape index (κ3) is 3.92. The molecular formula is C14H21NO4. The van der Waals surface area contributed by atoms with E-state index in [1.165, 1.54) is 4.57 Å². The fraction of sp³-hybridized carbons (Fsp3) is 0.571. The Morgan fingerprint density at radius 1 is 1.42 bits per heavy atom. The van der Waals surface area contributed by atoms with Crippen LogP contribution in [0.2, 0.25) is 0 Å². The molecule has 0 amide bonds. The van der Waals surface area contributed by atoms with Crippen LogP contribution in [0.1, 0.15) is 41.9 Å². The zero-order chi connectivity index (χ0) is 14.6. The van der Waals surface area contributed by atoms with Gasteiger partial charge in [-0.15, -0.1) is 0 Å². The maximum Gasteiger partial charge on any atom is 0.341 e. The Kier molecular flexibility index (Phi) is 5.30. The minimum absolute atomic E-state index is 0.143. The van der Waals surface area contributed by atoms with Crippen LogP contribution in [0.3, 0.4) is 0 Å². The number of hydrogen-bond acceptors (Lipinski definition) is 3. The van der Waals surface area contributed by atoms with Crippen molar-refractivity contribution in [3.05, 3.63) is 33.2 Å². The zero-order valence-electron chi connectivity index (χ0n) is 11.9. The number of aromatic carboxylic acids is 1. The predicted molar refractivity (Wildman–Crippen MR) is 72.8 cm³/mol. The second-order valence-electron chi connectivity index (χ2n) is 4.88. The minimum Gasteiger partial charge on any atom is -0.477 e. The molecule has 0 spiro atoms. The highest BCUT2D eigenvalue weighted by molar-refractivity contribution is 5.88. The molecule has 1 heterocycles. The Bertz CT molecular complexity index is 517. The molecule has 5 heteroatoms. The summed E-state index contributed by atoms with van der Waals surface area (Å²) < 4.78 is 6.91. The Morgan fingerprint density at radius 3 is 2.58 bits per heavy atom. The molecule has 1 aromatic heterocycles. The van der Waals surface area contributed by atoms with Gasteiger partial charge in [0.2, 0.25) is 0 Å². The summed E-state index contributed by atoms with van der Waals surface area (Å²) in [6.07, 6.45) is 0.839. The van der Waals surface area contributed by atoms with Gasteiger partial charge in [0.25, 0.3) is 5.56 Å². The van der Waals surface area contributed by atoms with E-state index in [0.717, 1.165) is 5.69 Å². The molecule has 0 aliphatic carbocycles. The first-order valence-electron chi connectivity index (χ1n) is 6.40. The van der Waals surface area contributed by atoms with Crippen molar-refractivity contribution in [3.8, 4) is 0 Å². The molecule has 1 aromatic rings. The minimum atomic E-state index is -1.17. The number of aromatic nitrogens is 1. The molecule has 0 aromatic carbocycles. The number of aryl methyl sites for hydroxylation is 2. The van der Waals surface area contributed by atoms with Gasteiger partial charge in [-0.2, -0.15) is 0 Å². The average Bonchev–Trinajstić information content (AvgIpc) is 2.26. The number of nitrogens with zero attached hydrogens (tertiary/aromatic N) is 1. The van der Waals surface area contributed by atoms with Crippen LogP contribution < -0.4 is 5.56 Å². The molecule has 0 saturated carbocycles. The summed E-state index contributed by atoms with van der Waals surface area (Å²) >= 11 is 0. The molecule has 0 radical (unpaired) electrons. The second-order valence-corrected chi connectivity index (χ2v) is 4.88. The van der Waals surface area contributed by atoms with Crippen molar-refractivity contribution >= 4 is 5.97 Å². The highest BCUT2D eigenvalue weighted by atomic mass is 16.5. The predicted octanol–water partition coefficient (Wildman–Crippen LogP) is 1.98. The maximum atomic E-state index is 12.1. The van der Waals surface area contributed by atoms with Gasteiger partial charge in [-0.3, -0.25) is 4.79 Å². The van der Waals surface area contributed by atoms with Crippen LogP contribution in [0, 0.1) is 13.8 Å². The van der Waals surface area contributed by atoms with Crippen LogP contribution >= 0.6 is 0 Å². The monoisotopic (exact) mass is 267 g/mol. The third-order valence-corrected chi connectivity index (χ3v) is 2.90. The fourth-order valence-corrected chi connectivity index (χ4v) is 2.01. The number of hydrogen-bond donors (Lipinski definition) is 1. The van der Waals surface area contributed by atoms with Gasteiger partial charge < -0.3 is 14.4 Å². The summed E-state index contributed by atoms with van der Waals surface area (Å²) in [5, 5.41) is 9.07. The Balaban J connectivity index is 2.92. The number of carboxylic acid groups (broad SMARTS) is 1. The van der Waals surface area contributed by atoms with Gasteiger partial charge in [-0.1, -0.05) is 0 Å². The number of rotatable bonds is 6. The number of pyridine rings is 1. The Hall–Kier alpha value is -1.62. The molecular weight excluding hydrogens is 246 g/mol. The van der Waals surface area contributed by atoms with Crippen molar-refractivity contribution in [2.24, 2.45) is 0 Å². The first-order valence-corrected chi connectivity index (χ1v) is 6.40. The summed E-state index contributed by atoms with van der Waals surface area (Å²) in [7, 11) is 0. The smallest absolute Gasteiger partial charge is 0.341 e. The molecule has 0 fully saturated rings. The van der Waals surface area contributed by atoms with E-state index < -0.39 is 11.5 Å². The molecule has 0 aliphatic heterocycles. The van der Waals surface area contributed by atoms with Gasteiger partial charge in [-0.05, 0) is 45.7 Å². The van der Waals surface area contributed by atoms with E-state index in [0.29, 0.717) is 25.1 Å². The zero-order valence-corrected chi connectivity index (χ0v) is 11.9. The molecule has 19 heavy (non-hydrogen) atoms. The first-order chi connectivity index (χ1) is 8.84. The van der Waals surface area contributed by atoms with Crippen molar-refractivity contribution in [1.82, 2.24) is 4.57 Å². The molecule has 1 rings (SSSR count). The van der Waals surface area contributed by atoms with E-state index in [-0.39, 0.29) is 11.7 Å². The normalized spacial score (nSPS) is 11.0. The summed E-state index contributed by atoms with van der Waals surface area (Å²) in [6.45, 7) is 8.38. The SMILES string of the molecule is Cc1cc(C)n(CCCOC(C)C)c(=O)c1C(=O)O. The van der Waals surface area contributed by atoms with Gasteiger partial charge >= 0.3 is 5.97 Å². The van der Waals surface area contributed by atoms with Gasteiger partial charge in [0, 0.05) is 18.8 Å². The number of carbonyl (C=O) groups is 1. The third-order valence-electron chi connectivity index (χ3n) is 2.90. The standard InChI is InChI=1S/C14H21NO4/c1-9(2)19-7-5-6-15-11(4)8-10(3)12(13(15)16)14(17)18/h8-9H,5-7H2,1-4H3,(H,17,18). The topological polar surface area (TPSA) is 68.5 Å². The van der Waals surface area contributed by atoms with Crippen LogP contribution in [0.15, 0.2) is 10.9 Å². The Labute approximate surface area is 112 Å². The second kappa shape index (κ2) is 6.52. The van der Waals surface area contributed by atoms with Crippen LogP contribution in [0.5, 0.6) is 0 Å². The lowest BCUT2D eigenvalue weighted by Crippen LogP contribution is -2.29. The fourth-order valence-electron chi connectivity index (χ4n) is 2.01. The van der Waals surface area contributed by atoms with E-state index in [1.807, 2.05) is 20.8 Å². The van der Waals surface area contributed by atoms with E-state index in [4.69, 9.17) is 9.84 Å². The average molecular weight is 267 g/mol. The summed E-state index contributed by atoms with van der Waals surface area (Å²) in [6, 6.07) is 1.73. The van der Waals surface area contributed by atoms with Crippen LogP contribution in [-0.4, -0.2) is 28.4 Å². The van der Waals surface area contributed by atoms with Gasteiger partial charge in [-0.25, -0.2) is 4.79 Å². The van der Waals surface area contributed by atoms with E-state index >= 15 is 0 Å². The molecule has 1 N–H and O–H groups in total. The molecule has 0 atom stereocenters. The van der Waals surface area contributed by atoms with Crippen molar-refractivity contribution in [2.45, 2.75) is 46.8 Å². The molecule has 0 aliphatic rings. The maximum absolute atomic E-state index is 12.1. The lowest BCUT2D eigenvalue weighted by molar-refractivity contribution is 0.0692. The first kappa shape index (κ1) is 15.4. The summed E-state index contributed by atoms with van der Waals surface area (Å²) in [5.41, 5.74) is 0.701. The highest BCUT2D eigenvalue weighted by Gasteiger charge is 2.16. The van der Waals surface area contributed by atoms with Crippen molar-refractivity contribution in [2.75, 3.05) is 6.61 Å². The van der Waals surface area contributed by atoms with E-state index in [1.54, 1.807) is 13.0 Å². The largest absolute Gasteiger partial charge is 0.477 e. The molecule has 0 saturated heterocycles. The number of ether oxygens (including phenoxy) is 1. The molecule has 0 bridgehead atoms. The van der Waals surface area contributed by atoms with Crippen molar-refractivity contribution < 1.29 is 14.6 Å². The van der Waals surface area contributed by atoms with Gasteiger partial charge in [0.05, 0.1) is 6.10 Å². The molecule has 0 unspecified atom stereocenters. The highest BCUT2D eigenvalue weighted by Crippen LogP contribution is 2.07. The lowest BCUT2D eigenvalue weighted by Gasteiger charge is -2.13. The van der Waals surface area contributed by atoms with Crippen LogP contribution in [0.4, 0.5) is 0 Å².